The van der Waals surface area contributed by atoms with Gasteiger partial charge in [-0.15, -0.1) is 0 Å². The van der Waals surface area contributed by atoms with Crippen LogP contribution in [0.1, 0.15) is 21.5 Å². The first-order valence-corrected chi connectivity index (χ1v) is 7.47. The van der Waals surface area contributed by atoms with E-state index >= 15 is 0 Å². The fourth-order valence-corrected chi connectivity index (χ4v) is 2.43. The molecule has 0 fully saturated rings. The number of amides is 2. The second kappa shape index (κ2) is 6.84. The summed E-state index contributed by atoms with van der Waals surface area (Å²) in [5.74, 6) is -1.88. The summed E-state index contributed by atoms with van der Waals surface area (Å²) in [6.07, 6.45) is 4.09. The molecule has 6 heteroatoms. The Morgan fingerprint density at radius 1 is 0.960 bits per heavy atom. The van der Waals surface area contributed by atoms with Gasteiger partial charge in [0.15, 0.2) is 0 Å². The van der Waals surface area contributed by atoms with Crippen LogP contribution in [0, 0.1) is 0 Å². The SMILES string of the molecule is O=C(O)C=Cc1ccc(NC=C2C(=O)NC(=O)c3ccccc32)cc1. The summed E-state index contributed by atoms with van der Waals surface area (Å²) in [6.45, 7) is 0. The van der Waals surface area contributed by atoms with Crippen LogP contribution < -0.4 is 10.6 Å². The van der Waals surface area contributed by atoms with Crippen molar-refractivity contribution >= 4 is 35.1 Å². The molecule has 1 heterocycles. The second-order valence-electron chi connectivity index (χ2n) is 5.32. The number of benzene rings is 2. The molecule has 6 nitrogen and oxygen atoms in total. The minimum absolute atomic E-state index is 0.366. The number of carboxylic acid groups (broad SMARTS) is 1. The number of rotatable bonds is 4. The highest BCUT2D eigenvalue weighted by atomic mass is 16.4. The molecule has 0 spiro atoms. The maximum absolute atomic E-state index is 12.1. The lowest BCUT2D eigenvalue weighted by Gasteiger charge is -2.18. The molecule has 3 rings (SSSR count). The number of fused-ring (bicyclic) bond motifs is 1. The smallest absolute Gasteiger partial charge is 0.328 e. The van der Waals surface area contributed by atoms with Crippen molar-refractivity contribution in [1.82, 2.24) is 5.32 Å². The van der Waals surface area contributed by atoms with E-state index in [0.29, 0.717) is 16.7 Å². The van der Waals surface area contributed by atoms with E-state index in [4.69, 9.17) is 5.11 Å². The molecule has 0 saturated heterocycles. The van der Waals surface area contributed by atoms with E-state index in [2.05, 4.69) is 10.6 Å². The third kappa shape index (κ3) is 3.64. The zero-order valence-electron chi connectivity index (χ0n) is 13.0. The number of carboxylic acids is 1. The van der Waals surface area contributed by atoms with E-state index in [-0.39, 0.29) is 0 Å². The Morgan fingerprint density at radius 2 is 1.64 bits per heavy atom. The summed E-state index contributed by atoms with van der Waals surface area (Å²) in [4.78, 5) is 34.4. The van der Waals surface area contributed by atoms with Crippen LogP contribution in [-0.4, -0.2) is 22.9 Å². The number of nitrogens with one attached hydrogen (secondary N) is 2. The molecule has 1 aliphatic rings. The Labute approximate surface area is 143 Å². The molecular formula is C19H14N2O4. The highest BCUT2D eigenvalue weighted by Gasteiger charge is 2.26. The zero-order valence-corrected chi connectivity index (χ0v) is 13.0. The fourth-order valence-electron chi connectivity index (χ4n) is 2.43. The predicted molar refractivity (Wildman–Crippen MR) is 93.6 cm³/mol. The largest absolute Gasteiger partial charge is 0.478 e. The minimum atomic E-state index is -1.01. The quantitative estimate of drug-likeness (QED) is 0.590. The zero-order chi connectivity index (χ0) is 17.8. The minimum Gasteiger partial charge on any atom is -0.478 e. The van der Waals surface area contributed by atoms with Gasteiger partial charge in [-0.25, -0.2) is 4.79 Å². The molecule has 25 heavy (non-hydrogen) atoms. The van der Waals surface area contributed by atoms with Gasteiger partial charge in [0.05, 0.1) is 5.57 Å². The average Bonchev–Trinajstić information content (AvgIpc) is 2.61. The van der Waals surface area contributed by atoms with Crippen LogP contribution >= 0.6 is 0 Å². The Hall–Kier alpha value is -3.67. The number of carbonyl (C=O) groups is 3. The van der Waals surface area contributed by atoms with Crippen molar-refractivity contribution in [1.29, 1.82) is 0 Å². The number of imide groups is 1. The first kappa shape index (κ1) is 16.2. The number of anilines is 1. The molecule has 0 radical (unpaired) electrons. The molecule has 0 atom stereocenters. The van der Waals surface area contributed by atoms with E-state index in [1.54, 1.807) is 54.7 Å². The van der Waals surface area contributed by atoms with Crippen molar-refractivity contribution in [2.75, 3.05) is 5.32 Å². The summed E-state index contributed by atoms with van der Waals surface area (Å²) in [6, 6.07) is 13.9. The summed E-state index contributed by atoms with van der Waals surface area (Å²) in [7, 11) is 0. The molecule has 3 N–H and O–H groups in total. The van der Waals surface area contributed by atoms with E-state index in [0.717, 1.165) is 17.3 Å². The van der Waals surface area contributed by atoms with Gasteiger partial charge in [-0.3, -0.25) is 14.9 Å². The summed E-state index contributed by atoms with van der Waals surface area (Å²) < 4.78 is 0. The molecule has 0 bridgehead atoms. The standard InChI is InChI=1S/C19H14N2O4/c22-17(23)10-7-12-5-8-13(9-6-12)20-11-16-14-3-1-2-4-15(14)18(24)21-19(16)25/h1-11,20H,(H,22,23)(H,21,24,25). The van der Waals surface area contributed by atoms with Crippen LogP contribution in [0.4, 0.5) is 5.69 Å². The van der Waals surface area contributed by atoms with Crippen LogP contribution in [0.3, 0.4) is 0 Å². The van der Waals surface area contributed by atoms with Crippen LogP contribution in [0.25, 0.3) is 11.6 Å². The summed E-state index contributed by atoms with van der Waals surface area (Å²) in [5.41, 5.74) is 2.85. The lowest BCUT2D eigenvalue weighted by atomic mass is 9.96. The van der Waals surface area contributed by atoms with E-state index in [9.17, 15) is 14.4 Å². The van der Waals surface area contributed by atoms with Gasteiger partial charge in [0, 0.05) is 29.1 Å². The molecule has 2 aromatic rings. The Morgan fingerprint density at radius 3 is 2.32 bits per heavy atom. The molecule has 1 aliphatic heterocycles. The Kier molecular flexibility index (Phi) is 4.43. The van der Waals surface area contributed by atoms with E-state index < -0.39 is 17.8 Å². The molecule has 0 aromatic heterocycles. The molecule has 2 amide bonds. The lowest BCUT2D eigenvalue weighted by molar-refractivity contribution is -0.131. The van der Waals surface area contributed by atoms with Crippen molar-refractivity contribution in [3.63, 3.8) is 0 Å². The Balaban J connectivity index is 1.82. The van der Waals surface area contributed by atoms with Crippen molar-refractivity contribution in [3.05, 3.63) is 77.5 Å². The lowest BCUT2D eigenvalue weighted by Crippen LogP contribution is -2.36. The predicted octanol–water partition coefficient (Wildman–Crippen LogP) is 2.51. The van der Waals surface area contributed by atoms with Crippen molar-refractivity contribution in [3.8, 4) is 0 Å². The van der Waals surface area contributed by atoms with Gasteiger partial charge in [0.2, 0.25) is 0 Å². The monoisotopic (exact) mass is 334 g/mol. The van der Waals surface area contributed by atoms with Gasteiger partial charge >= 0.3 is 5.97 Å². The van der Waals surface area contributed by atoms with Gasteiger partial charge in [0.1, 0.15) is 0 Å². The topological polar surface area (TPSA) is 95.5 Å². The van der Waals surface area contributed by atoms with Crippen LogP contribution in [0.2, 0.25) is 0 Å². The molecule has 124 valence electrons. The van der Waals surface area contributed by atoms with Gasteiger partial charge in [-0.2, -0.15) is 0 Å². The number of aliphatic carboxylic acids is 1. The van der Waals surface area contributed by atoms with Crippen LogP contribution in [-0.2, 0) is 9.59 Å². The molecule has 0 unspecified atom stereocenters. The van der Waals surface area contributed by atoms with E-state index in [1.807, 2.05) is 0 Å². The molecular weight excluding hydrogens is 320 g/mol. The summed E-state index contributed by atoms with van der Waals surface area (Å²) in [5, 5.41) is 13.9. The van der Waals surface area contributed by atoms with Gasteiger partial charge in [-0.1, -0.05) is 30.3 Å². The third-order valence-electron chi connectivity index (χ3n) is 3.65. The third-order valence-corrected chi connectivity index (χ3v) is 3.65. The van der Waals surface area contributed by atoms with Crippen molar-refractivity contribution in [2.45, 2.75) is 0 Å². The first-order chi connectivity index (χ1) is 12.0. The molecule has 0 saturated carbocycles. The van der Waals surface area contributed by atoms with Crippen molar-refractivity contribution in [2.24, 2.45) is 0 Å². The van der Waals surface area contributed by atoms with Gasteiger partial charge < -0.3 is 10.4 Å². The van der Waals surface area contributed by atoms with Crippen molar-refractivity contribution < 1.29 is 19.5 Å². The second-order valence-corrected chi connectivity index (χ2v) is 5.32. The maximum Gasteiger partial charge on any atom is 0.328 e. The van der Waals surface area contributed by atoms with E-state index in [1.165, 1.54) is 6.08 Å². The van der Waals surface area contributed by atoms with Gasteiger partial charge in [0.25, 0.3) is 11.8 Å². The maximum atomic E-state index is 12.1. The molecule has 2 aromatic carbocycles. The van der Waals surface area contributed by atoms with Gasteiger partial charge in [-0.05, 0) is 29.8 Å². The van der Waals surface area contributed by atoms with Crippen LogP contribution in [0.5, 0.6) is 0 Å². The summed E-state index contributed by atoms with van der Waals surface area (Å²) >= 11 is 0. The molecule has 0 aliphatic carbocycles. The average molecular weight is 334 g/mol. The first-order valence-electron chi connectivity index (χ1n) is 7.47. The fraction of sp³-hybridized carbons (Fsp3) is 0. The Bertz CT molecular complexity index is 911. The highest BCUT2D eigenvalue weighted by molar-refractivity contribution is 6.31. The number of carbonyl (C=O) groups excluding carboxylic acids is 2. The highest BCUT2D eigenvalue weighted by Crippen LogP contribution is 2.24. The van der Waals surface area contributed by atoms with Crippen LogP contribution in [0.15, 0.2) is 60.8 Å². The normalized spacial score (nSPS) is 15.1. The number of hydrogen-bond acceptors (Lipinski definition) is 4. The number of hydrogen-bond donors (Lipinski definition) is 3.